The lowest BCUT2D eigenvalue weighted by atomic mass is 10.1. The predicted molar refractivity (Wildman–Crippen MR) is 63.9 cm³/mol. The van der Waals surface area contributed by atoms with E-state index < -0.39 is 18.0 Å². The second kappa shape index (κ2) is 7.89. The van der Waals surface area contributed by atoms with Crippen molar-refractivity contribution in [3.63, 3.8) is 0 Å². The predicted octanol–water partition coefficient (Wildman–Crippen LogP) is 0.773. The van der Waals surface area contributed by atoms with E-state index in [4.69, 9.17) is 9.84 Å². The highest BCUT2D eigenvalue weighted by atomic mass is 16.5. The number of hydrogen-bond donors (Lipinski definition) is 2. The van der Waals surface area contributed by atoms with E-state index in [-0.39, 0.29) is 6.61 Å². The first-order valence-corrected chi connectivity index (χ1v) is 5.65. The number of nitrogens with zero attached hydrogens (tertiary/aromatic N) is 1. The number of carbonyl (C=O) groups is 2. The maximum absolute atomic E-state index is 11.7. The molecule has 0 radical (unpaired) electrons. The molecule has 2 amide bonds. The number of amides is 2. The van der Waals surface area contributed by atoms with E-state index >= 15 is 0 Å². The molecular weight excluding hydrogens is 224 g/mol. The molecule has 6 nitrogen and oxygen atoms in total. The fourth-order valence-corrected chi connectivity index (χ4v) is 1.28. The molecule has 0 aromatic rings. The zero-order valence-corrected chi connectivity index (χ0v) is 10.9. The summed E-state index contributed by atoms with van der Waals surface area (Å²) >= 11 is 0. The van der Waals surface area contributed by atoms with Crippen LogP contribution in [0.15, 0.2) is 0 Å². The van der Waals surface area contributed by atoms with E-state index in [1.54, 1.807) is 7.05 Å². The molecule has 0 heterocycles. The van der Waals surface area contributed by atoms with Crippen LogP contribution in [0, 0.1) is 5.92 Å². The number of methoxy groups -OCH3 is 1. The third-order valence-corrected chi connectivity index (χ3v) is 2.56. The van der Waals surface area contributed by atoms with Gasteiger partial charge < -0.3 is 20.1 Å². The molecule has 0 aliphatic heterocycles. The molecule has 0 saturated heterocycles. The first-order valence-electron chi connectivity index (χ1n) is 5.65. The topological polar surface area (TPSA) is 78.9 Å². The monoisotopic (exact) mass is 246 g/mol. The Morgan fingerprint density at radius 2 is 2.06 bits per heavy atom. The molecule has 6 heteroatoms. The fraction of sp³-hybridized carbons (Fsp3) is 0.818. The van der Waals surface area contributed by atoms with Crippen molar-refractivity contribution in [1.29, 1.82) is 0 Å². The van der Waals surface area contributed by atoms with Gasteiger partial charge in [-0.15, -0.1) is 0 Å². The summed E-state index contributed by atoms with van der Waals surface area (Å²) < 4.78 is 4.73. The summed E-state index contributed by atoms with van der Waals surface area (Å²) in [5, 5.41) is 11.3. The smallest absolute Gasteiger partial charge is 0.328 e. The van der Waals surface area contributed by atoms with Crippen molar-refractivity contribution in [1.82, 2.24) is 10.2 Å². The van der Waals surface area contributed by atoms with E-state index in [1.807, 2.05) is 13.8 Å². The van der Waals surface area contributed by atoms with Crippen molar-refractivity contribution < 1.29 is 19.4 Å². The Morgan fingerprint density at radius 3 is 2.47 bits per heavy atom. The van der Waals surface area contributed by atoms with Gasteiger partial charge in [0.05, 0.1) is 6.61 Å². The van der Waals surface area contributed by atoms with Crippen LogP contribution in [-0.4, -0.2) is 55.4 Å². The molecule has 17 heavy (non-hydrogen) atoms. The number of rotatable bonds is 7. The second-order valence-corrected chi connectivity index (χ2v) is 4.19. The number of carbonyl (C=O) groups excluding carboxylic acids is 1. The lowest BCUT2D eigenvalue weighted by molar-refractivity contribution is -0.140. The number of hydrogen-bond acceptors (Lipinski definition) is 3. The second-order valence-electron chi connectivity index (χ2n) is 4.19. The molecule has 0 aromatic carbocycles. The van der Waals surface area contributed by atoms with Gasteiger partial charge in [0.2, 0.25) is 0 Å². The first-order chi connectivity index (χ1) is 7.92. The van der Waals surface area contributed by atoms with E-state index in [1.165, 1.54) is 12.0 Å². The maximum Gasteiger partial charge on any atom is 0.328 e. The maximum atomic E-state index is 11.7. The zero-order valence-electron chi connectivity index (χ0n) is 10.9. The van der Waals surface area contributed by atoms with Crippen LogP contribution in [0.3, 0.4) is 0 Å². The Hall–Kier alpha value is -1.30. The Labute approximate surface area is 102 Å². The Bertz CT molecular complexity index is 258. The molecule has 2 unspecified atom stereocenters. The van der Waals surface area contributed by atoms with Gasteiger partial charge in [-0.25, -0.2) is 9.59 Å². The Balaban J connectivity index is 4.25. The number of urea groups is 1. The lowest BCUT2D eigenvalue weighted by Gasteiger charge is -2.23. The van der Waals surface area contributed by atoms with Gasteiger partial charge in [0.15, 0.2) is 6.04 Å². The van der Waals surface area contributed by atoms with Crippen LogP contribution in [0.2, 0.25) is 0 Å². The van der Waals surface area contributed by atoms with Gasteiger partial charge in [-0.2, -0.15) is 0 Å². The van der Waals surface area contributed by atoms with Gasteiger partial charge in [-0.05, 0) is 5.92 Å². The fourth-order valence-electron chi connectivity index (χ4n) is 1.28. The summed E-state index contributed by atoms with van der Waals surface area (Å²) in [7, 11) is 3.04. The van der Waals surface area contributed by atoms with E-state index in [0.717, 1.165) is 6.42 Å². The summed E-state index contributed by atoms with van der Waals surface area (Å²) in [6.07, 6.45) is 0.970. The highest BCUT2D eigenvalue weighted by molar-refractivity contribution is 5.82. The van der Waals surface area contributed by atoms with Crippen LogP contribution >= 0.6 is 0 Å². The molecule has 0 fully saturated rings. The van der Waals surface area contributed by atoms with Crippen molar-refractivity contribution >= 4 is 12.0 Å². The Kier molecular flexibility index (Phi) is 7.29. The van der Waals surface area contributed by atoms with Crippen LogP contribution in [0.1, 0.15) is 20.3 Å². The van der Waals surface area contributed by atoms with Crippen molar-refractivity contribution in [3.8, 4) is 0 Å². The number of nitrogens with one attached hydrogen (secondary N) is 1. The first kappa shape index (κ1) is 15.7. The van der Waals surface area contributed by atoms with Crippen molar-refractivity contribution in [2.24, 2.45) is 5.92 Å². The van der Waals surface area contributed by atoms with Crippen LogP contribution < -0.4 is 5.32 Å². The molecule has 0 spiro atoms. The standard InChI is InChI=1S/C11H22N2O4/c1-5-8(2)6-13(3)11(16)12-9(7-17-4)10(14)15/h8-9H,5-7H2,1-4H3,(H,12,16)(H,14,15). The molecule has 100 valence electrons. The molecule has 0 saturated carbocycles. The number of ether oxygens (including phenoxy) is 1. The van der Waals surface area contributed by atoms with Gasteiger partial charge in [-0.1, -0.05) is 20.3 Å². The number of carboxylic acids is 1. The third-order valence-electron chi connectivity index (χ3n) is 2.56. The van der Waals surface area contributed by atoms with Crippen LogP contribution in [0.25, 0.3) is 0 Å². The number of carboxylic acid groups (broad SMARTS) is 1. The highest BCUT2D eigenvalue weighted by Gasteiger charge is 2.21. The summed E-state index contributed by atoms with van der Waals surface area (Å²) in [5.74, 6) is -0.714. The minimum atomic E-state index is -1.10. The zero-order chi connectivity index (χ0) is 13.4. The minimum absolute atomic E-state index is 0.0434. The van der Waals surface area contributed by atoms with Gasteiger partial charge in [0.25, 0.3) is 0 Å². The molecule has 0 aliphatic carbocycles. The molecule has 2 N–H and O–H groups in total. The molecule has 0 aliphatic rings. The van der Waals surface area contributed by atoms with E-state index in [0.29, 0.717) is 12.5 Å². The number of aliphatic carboxylic acids is 1. The third kappa shape index (κ3) is 6.11. The highest BCUT2D eigenvalue weighted by Crippen LogP contribution is 2.02. The minimum Gasteiger partial charge on any atom is -0.480 e. The molecule has 0 rings (SSSR count). The molecular formula is C11H22N2O4. The average molecular weight is 246 g/mol. The van der Waals surface area contributed by atoms with Crippen molar-refractivity contribution in [2.75, 3.05) is 27.3 Å². The van der Waals surface area contributed by atoms with Gasteiger partial charge >= 0.3 is 12.0 Å². The average Bonchev–Trinajstić information content (AvgIpc) is 2.27. The van der Waals surface area contributed by atoms with E-state index in [2.05, 4.69) is 5.32 Å². The lowest BCUT2D eigenvalue weighted by Crippen LogP contribution is -2.49. The summed E-state index contributed by atoms with van der Waals surface area (Å²) in [6.45, 7) is 4.63. The molecule has 0 bridgehead atoms. The normalized spacial score (nSPS) is 13.9. The van der Waals surface area contributed by atoms with Crippen LogP contribution in [0.4, 0.5) is 4.79 Å². The SMILES string of the molecule is CCC(C)CN(C)C(=O)NC(COC)C(=O)O. The van der Waals surface area contributed by atoms with Crippen molar-refractivity contribution in [3.05, 3.63) is 0 Å². The largest absolute Gasteiger partial charge is 0.480 e. The van der Waals surface area contributed by atoms with Crippen LogP contribution in [0.5, 0.6) is 0 Å². The Morgan fingerprint density at radius 1 is 1.47 bits per heavy atom. The summed E-state index contributed by atoms with van der Waals surface area (Å²) in [6, 6.07) is -1.40. The van der Waals surface area contributed by atoms with E-state index in [9.17, 15) is 9.59 Å². The molecule has 2 atom stereocenters. The van der Waals surface area contributed by atoms with Crippen molar-refractivity contribution in [2.45, 2.75) is 26.3 Å². The quantitative estimate of drug-likeness (QED) is 0.695. The van der Waals surface area contributed by atoms with Gasteiger partial charge in [0.1, 0.15) is 0 Å². The van der Waals surface area contributed by atoms with Gasteiger partial charge in [0, 0.05) is 20.7 Å². The molecule has 0 aromatic heterocycles. The van der Waals surface area contributed by atoms with Gasteiger partial charge in [-0.3, -0.25) is 0 Å². The summed E-state index contributed by atoms with van der Waals surface area (Å²) in [5.41, 5.74) is 0. The summed E-state index contributed by atoms with van der Waals surface area (Å²) in [4.78, 5) is 24.0. The van der Waals surface area contributed by atoms with Crippen LogP contribution in [-0.2, 0) is 9.53 Å².